The third-order valence-corrected chi connectivity index (χ3v) is 5.44. The molecule has 2 rings (SSSR count). The molecule has 3 nitrogen and oxygen atoms in total. The quantitative estimate of drug-likeness (QED) is 0.251. The lowest BCUT2D eigenvalue weighted by molar-refractivity contribution is 0.0969. The van der Waals surface area contributed by atoms with E-state index in [1.54, 1.807) is 0 Å². The van der Waals surface area contributed by atoms with Crippen LogP contribution >= 0.6 is 0 Å². The van der Waals surface area contributed by atoms with Crippen molar-refractivity contribution in [3.05, 3.63) is 48.2 Å². The van der Waals surface area contributed by atoms with Gasteiger partial charge in [0.15, 0.2) is 0 Å². The summed E-state index contributed by atoms with van der Waals surface area (Å²) in [6, 6.07) is 12.8. The van der Waals surface area contributed by atoms with E-state index < -0.39 is 0 Å². The molecule has 30 heavy (non-hydrogen) atoms. The summed E-state index contributed by atoms with van der Waals surface area (Å²) in [6.07, 6.45) is 16.0. The minimum absolute atomic E-state index is 0.573. The van der Waals surface area contributed by atoms with Crippen molar-refractivity contribution in [1.82, 2.24) is 4.98 Å². The Kier molecular flexibility index (Phi) is 12.9. The predicted molar refractivity (Wildman–Crippen MR) is 127 cm³/mol. The second-order valence-corrected chi connectivity index (χ2v) is 8.12. The lowest BCUT2D eigenvalue weighted by atomic mass is 10.0. The summed E-state index contributed by atoms with van der Waals surface area (Å²) in [5.74, 6) is 0.800. The number of pyridine rings is 1. The molecule has 1 aromatic carbocycles. The van der Waals surface area contributed by atoms with Crippen LogP contribution in [0.5, 0.6) is 5.75 Å². The van der Waals surface area contributed by atoms with Gasteiger partial charge in [0.25, 0.3) is 0 Å². The average Bonchev–Trinajstić information content (AvgIpc) is 2.79. The van der Waals surface area contributed by atoms with Crippen LogP contribution in [0.25, 0.3) is 11.3 Å². The fourth-order valence-corrected chi connectivity index (χ4v) is 3.54. The van der Waals surface area contributed by atoms with Gasteiger partial charge in [0, 0.05) is 12.2 Å². The van der Waals surface area contributed by atoms with E-state index in [1.165, 1.54) is 69.8 Å². The van der Waals surface area contributed by atoms with Crippen LogP contribution in [-0.2, 0) is 11.2 Å². The number of nitrogens with zero attached hydrogens (tertiary/aromatic N) is 1. The summed E-state index contributed by atoms with van der Waals surface area (Å²) in [7, 11) is 0. The van der Waals surface area contributed by atoms with Crippen molar-refractivity contribution in [3.63, 3.8) is 0 Å². The van der Waals surface area contributed by atoms with Gasteiger partial charge in [-0.15, -0.1) is 0 Å². The van der Waals surface area contributed by atoms with Crippen LogP contribution < -0.4 is 4.74 Å². The lowest BCUT2D eigenvalue weighted by Crippen LogP contribution is -2.07. The maximum atomic E-state index is 5.75. The molecule has 0 radical (unpaired) electrons. The maximum Gasteiger partial charge on any atom is 0.137 e. The molecule has 0 unspecified atom stereocenters. The number of ether oxygens (including phenoxy) is 2. The van der Waals surface area contributed by atoms with E-state index in [0.29, 0.717) is 13.2 Å². The number of aryl methyl sites for hydroxylation is 1. The smallest absolute Gasteiger partial charge is 0.137 e. The van der Waals surface area contributed by atoms with Crippen molar-refractivity contribution < 1.29 is 9.47 Å². The molecule has 0 N–H and O–H groups in total. The largest absolute Gasteiger partial charge is 0.490 e. The summed E-state index contributed by atoms with van der Waals surface area (Å²) < 4.78 is 11.4. The van der Waals surface area contributed by atoms with Crippen molar-refractivity contribution in [1.29, 1.82) is 0 Å². The lowest BCUT2D eigenvalue weighted by Gasteiger charge is -2.08. The van der Waals surface area contributed by atoms with Crippen LogP contribution in [0, 0.1) is 0 Å². The average molecular weight is 412 g/mol. The van der Waals surface area contributed by atoms with Crippen LogP contribution in [0.2, 0.25) is 0 Å². The Balaban J connectivity index is 1.61. The Bertz CT molecular complexity index is 652. The zero-order valence-corrected chi connectivity index (χ0v) is 19.2. The third-order valence-electron chi connectivity index (χ3n) is 5.44. The summed E-state index contributed by atoms with van der Waals surface area (Å²) in [5.41, 5.74) is 3.55. The van der Waals surface area contributed by atoms with Gasteiger partial charge in [0.05, 0.1) is 18.5 Å². The first-order valence-corrected chi connectivity index (χ1v) is 12.1. The van der Waals surface area contributed by atoms with Gasteiger partial charge in [-0.2, -0.15) is 0 Å². The molecule has 3 heteroatoms. The number of hydrogen-bond donors (Lipinski definition) is 0. The molecular formula is C27H41NO2. The minimum atomic E-state index is 0.573. The molecule has 0 aliphatic carbocycles. The number of rotatable bonds is 17. The second-order valence-electron chi connectivity index (χ2n) is 8.12. The maximum absolute atomic E-state index is 5.75. The molecule has 0 atom stereocenters. The van der Waals surface area contributed by atoms with E-state index >= 15 is 0 Å². The van der Waals surface area contributed by atoms with Crippen LogP contribution in [0.1, 0.15) is 83.6 Å². The van der Waals surface area contributed by atoms with Crippen molar-refractivity contribution in [2.45, 2.75) is 84.5 Å². The monoisotopic (exact) mass is 411 g/mol. The fourth-order valence-electron chi connectivity index (χ4n) is 3.54. The molecule has 1 heterocycles. The predicted octanol–water partition coefficient (Wildman–Crippen LogP) is 7.63. The molecule has 0 bridgehead atoms. The van der Waals surface area contributed by atoms with Crippen LogP contribution in [0.15, 0.2) is 42.6 Å². The van der Waals surface area contributed by atoms with Gasteiger partial charge in [0.1, 0.15) is 12.4 Å². The highest BCUT2D eigenvalue weighted by molar-refractivity contribution is 5.59. The van der Waals surface area contributed by atoms with Crippen LogP contribution in [-0.4, -0.2) is 24.8 Å². The fraction of sp³-hybridized carbons (Fsp3) is 0.593. The van der Waals surface area contributed by atoms with Gasteiger partial charge in [-0.05, 0) is 37.0 Å². The Morgan fingerprint density at radius 3 is 2.07 bits per heavy atom. The van der Waals surface area contributed by atoms with E-state index in [-0.39, 0.29) is 0 Å². The van der Waals surface area contributed by atoms with Crippen molar-refractivity contribution in [2.24, 2.45) is 0 Å². The van der Waals surface area contributed by atoms with E-state index in [9.17, 15) is 0 Å². The highest BCUT2D eigenvalue weighted by Crippen LogP contribution is 2.21. The Morgan fingerprint density at radius 2 is 1.37 bits per heavy atom. The molecule has 1 aromatic heterocycles. The number of hydrogen-bond acceptors (Lipinski definition) is 3. The number of benzene rings is 1. The molecule has 2 aromatic rings. The van der Waals surface area contributed by atoms with Crippen LogP contribution in [0.4, 0.5) is 0 Å². The molecule has 0 amide bonds. The zero-order chi connectivity index (χ0) is 21.3. The molecule has 0 saturated carbocycles. The van der Waals surface area contributed by atoms with Gasteiger partial charge >= 0.3 is 0 Å². The first-order valence-electron chi connectivity index (χ1n) is 12.1. The normalized spacial score (nSPS) is 11.0. The van der Waals surface area contributed by atoms with Gasteiger partial charge in [-0.1, -0.05) is 89.5 Å². The van der Waals surface area contributed by atoms with E-state index in [2.05, 4.69) is 43.1 Å². The minimum Gasteiger partial charge on any atom is -0.490 e. The molecule has 0 saturated heterocycles. The van der Waals surface area contributed by atoms with Crippen molar-refractivity contribution in [3.8, 4) is 17.0 Å². The van der Waals surface area contributed by atoms with Gasteiger partial charge < -0.3 is 9.47 Å². The summed E-state index contributed by atoms with van der Waals surface area (Å²) in [5, 5.41) is 0. The first kappa shape index (κ1) is 24.4. The first-order chi connectivity index (χ1) is 14.8. The number of aromatic nitrogens is 1. The van der Waals surface area contributed by atoms with Crippen LogP contribution in [0.3, 0.4) is 0 Å². The highest BCUT2D eigenvalue weighted by Gasteiger charge is 2.02. The van der Waals surface area contributed by atoms with E-state index in [4.69, 9.17) is 9.47 Å². The number of unbranched alkanes of at least 4 members (excludes halogenated alkanes) is 8. The topological polar surface area (TPSA) is 31.4 Å². The van der Waals surface area contributed by atoms with E-state index in [0.717, 1.165) is 30.0 Å². The van der Waals surface area contributed by atoms with Gasteiger partial charge in [0.2, 0.25) is 0 Å². The summed E-state index contributed by atoms with van der Waals surface area (Å²) >= 11 is 0. The Labute approximate surface area is 184 Å². The second kappa shape index (κ2) is 15.9. The van der Waals surface area contributed by atoms with Gasteiger partial charge in [-0.3, -0.25) is 4.98 Å². The Morgan fingerprint density at radius 1 is 0.667 bits per heavy atom. The van der Waals surface area contributed by atoms with Crippen molar-refractivity contribution in [2.75, 3.05) is 19.8 Å². The zero-order valence-electron chi connectivity index (χ0n) is 19.2. The molecule has 0 aliphatic rings. The molecule has 166 valence electrons. The molecule has 0 fully saturated rings. The Hall–Kier alpha value is -1.87. The molecular weight excluding hydrogens is 370 g/mol. The van der Waals surface area contributed by atoms with Gasteiger partial charge in [-0.25, -0.2) is 0 Å². The highest BCUT2D eigenvalue weighted by atomic mass is 16.5. The summed E-state index contributed by atoms with van der Waals surface area (Å²) in [6.45, 7) is 6.55. The standard InChI is InChI=1S/C27H41NO2/c1-3-5-7-9-10-12-20-29-21-22-30-26-18-19-27(28-23-26)25-16-14-24(15-17-25)13-11-8-6-4-2/h14-19,23H,3-13,20-22H2,1-2H3. The van der Waals surface area contributed by atoms with Crippen molar-refractivity contribution >= 4 is 0 Å². The van der Waals surface area contributed by atoms with E-state index in [1.807, 2.05) is 18.3 Å². The molecule has 0 spiro atoms. The third kappa shape index (κ3) is 10.2. The summed E-state index contributed by atoms with van der Waals surface area (Å²) in [4.78, 5) is 4.56. The SMILES string of the molecule is CCCCCCCCOCCOc1ccc(-c2ccc(CCCCCC)cc2)nc1. The molecule has 0 aliphatic heterocycles.